The first-order chi connectivity index (χ1) is 5.79. The van der Waals surface area contributed by atoms with Crippen molar-refractivity contribution >= 4 is 18.1 Å². The van der Waals surface area contributed by atoms with Gasteiger partial charge in [-0.05, 0) is 12.1 Å². The Labute approximate surface area is 69.2 Å². The zero-order valence-corrected chi connectivity index (χ0v) is 6.25. The smallest absolute Gasteiger partial charge is 0.423 e. The van der Waals surface area contributed by atoms with Gasteiger partial charge in [-0.25, -0.2) is 4.52 Å². The molecular weight excluding hydrogens is 155 g/mol. The fraction of sp³-hybridized carbons (Fsp3) is 0. The molecule has 2 aromatic rings. The van der Waals surface area contributed by atoms with Crippen LogP contribution in [0.1, 0.15) is 0 Å². The molecule has 0 aromatic carbocycles. The molecule has 0 aliphatic heterocycles. The first-order valence-corrected chi connectivity index (χ1v) is 3.57. The Hall–Kier alpha value is -1.33. The third-order valence-corrected chi connectivity index (χ3v) is 1.75. The zero-order valence-electron chi connectivity index (χ0n) is 6.25. The van der Waals surface area contributed by atoms with E-state index >= 15 is 0 Å². The van der Waals surface area contributed by atoms with Gasteiger partial charge in [0.15, 0.2) is 0 Å². The van der Waals surface area contributed by atoms with Gasteiger partial charge in [-0.15, -0.1) is 0 Å². The Balaban J connectivity index is 2.73. The predicted octanol–water partition coefficient (Wildman–Crippen LogP) is -0.986. The van der Waals surface area contributed by atoms with Crippen molar-refractivity contribution in [2.45, 2.75) is 0 Å². The van der Waals surface area contributed by atoms with E-state index < -0.39 is 7.12 Å². The average Bonchev–Trinajstić information content (AvgIpc) is 2.49. The van der Waals surface area contributed by atoms with Crippen molar-refractivity contribution in [1.82, 2.24) is 9.61 Å². The van der Waals surface area contributed by atoms with Gasteiger partial charge in [0, 0.05) is 17.9 Å². The molecule has 0 atom stereocenters. The first-order valence-electron chi connectivity index (χ1n) is 3.57. The maximum Gasteiger partial charge on any atom is 0.490 e. The van der Waals surface area contributed by atoms with E-state index in [9.17, 15) is 0 Å². The number of hydrogen-bond donors (Lipinski definition) is 2. The molecule has 12 heavy (non-hydrogen) atoms. The molecule has 2 aromatic heterocycles. The molecule has 0 bridgehead atoms. The monoisotopic (exact) mass is 162 g/mol. The van der Waals surface area contributed by atoms with Gasteiger partial charge in [0.05, 0.1) is 5.52 Å². The minimum absolute atomic E-state index is 0.468. The summed E-state index contributed by atoms with van der Waals surface area (Å²) in [6, 6.07) is 5.10. The zero-order chi connectivity index (χ0) is 8.55. The number of pyridine rings is 1. The van der Waals surface area contributed by atoms with E-state index in [0.717, 1.165) is 0 Å². The van der Waals surface area contributed by atoms with Crippen molar-refractivity contribution < 1.29 is 10.0 Å². The van der Waals surface area contributed by atoms with Crippen LogP contribution in [0, 0.1) is 0 Å². The molecule has 5 heteroatoms. The van der Waals surface area contributed by atoms with Crippen LogP contribution < -0.4 is 5.46 Å². The van der Waals surface area contributed by atoms with E-state index in [2.05, 4.69) is 5.10 Å². The highest BCUT2D eigenvalue weighted by molar-refractivity contribution is 6.61. The van der Waals surface area contributed by atoms with E-state index in [0.29, 0.717) is 11.0 Å². The largest absolute Gasteiger partial charge is 0.490 e. The molecule has 0 saturated carbocycles. The second-order valence-electron chi connectivity index (χ2n) is 2.50. The molecule has 60 valence electrons. The van der Waals surface area contributed by atoms with Crippen LogP contribution in [0.4, 0.5) is 0 Å². The third-order valence-electron chi connectivity index (χ3n) is 1.75. The van der Waals surface area contributed by atoms with Crippen molar-refractivity contribution in [3.63, 3.8) is 0 Å². The summed E-state index contributed by atoms with van der Waals surface area (Å²) >= 11 is 0. The number of aromatic nitrogens is 2. The minimum atomic E-state index is -1.44. The Morgan fingerprint density at radius 1 is 1.33 bits per heavy atom. The van der Waals surface area contributed by atoms with Crippen molar-refractivity contribution in [2.24, 2.45) is 0 Å². The van der Waals surface area contributed by atoms with Gasteiger partial charge >= 0.3 is 7.12 Å². The minimum Gasteiger partial charge on any atom is -0.423 e. The molecule has 0 amide bonds. The Morgan fingerprint density at radius 2 is 2.17 bits per heavy atom. The lowest BCUT2D eigenvalue weighted by atomic mass is 9.80. The summed E-state index contributed by atoms with van der Waals surface area (Å²) < 4.78 is 1.59. The van der Waals surface area contributed by atoms with Gasteiger partial charge in [-0.2, -0.15) is 5.10 Å². The van der Waals surface area contributed by atoms with E-state index in [1.807, 2.05) is 0 Å². The molecule has 2 heterocycles. The lowest BCUT2D eigenvalue weighted by molar-refractivity contribution is 0.426. The van der Waals surface area contributed by atoms with Gasteiger partial charge in [0.25, 0.3) is 0 Å². The predicted molar refractivity (Wildman–Crippen MR) is 45.0 cm³/mol. The van der Waals surface area contributed by atoms with Gasteiger partial charge < -0.3 is 10.0 Å². The highest BCUT2D eigenvalue weighted by atomic mass is 16.4. The van der Waals surface area contributed by atoms with Crippen molar-refractivity contribution in [2.75, 3.05) is 0 Å². The summed E-state index contributed by atoms with van der Waals surface area (Å²) in [6.45, 7) is 0. The second kappa shape index (κ2) is 2.62. The van der Waals surface area contributed by atoms with Crippen LogP contribution in [0.3, 0.4) is 0 Å². The molecule has 0 radical (unpaired) electrons. The third kappa shape index (κ3) is 0.994. The maximum atomic E-state index is 8.95. The van der Waals surface area contributed by atoms with Gasteiger partial charge in [-0.3, -0.25) is 0 Å². The van der Waals surface area contributed by atoms with Crippen LogP contribution in [0.15, 0.2) is 30.6 Å². The Kier molecular flexibility index (Phi) is 1.60. The summed E-state index contributed by atoms with van der Waals surface area (Å²) in [5.74, 6) is 0. The van der Waals surface area contributed by atoms with E-state index in [1.54, 1.807) is 35.1 Å². The van der Waals surface area contributed by atoms with Crippen LogP contribution in [0.2, 0.25) is 0 Å². The first kappa shape index (κ1) is 7.33. The molecule has 0 aliphatic carbocycles. The molecule has 2 rings (SSSR count). The van der Waals surface area contributed by atoms with Gasteiger partial charge in [-0.1, -0.05) is 6.07 Å². The second-order valence-corrected chi connectivity index (χ2v) is 2.50. The lowest BCUT2D eigenvalue weighted by Gasteiger charge is -2.00. The van der Waals surface area contributed by atoms with Crippen LogP contribution in [-0.4, -0.2) is 26.8 Å². The van der Waals surface area contributed by atoms with E-state index in [1.165, 1.54) is 0 Å². The van der Waals surface area contributed by atoms with Gasteiger partial charge in [0.1, 0.15) is 0 Å². The molecule has 4 nitrogen and oxygen atoms in total. The quantitative estimate of drug-likeness (QED) is 0.529. The molecule has 0 spiro atoms. The highest BCUT2D eigenvalue weighted by Gasteiger charge is 2.14. The topological polar surface area (TPSA) is 57.8 Å². The molecular formula is C7H7BN2O2. The number of hydrogen-bond acceptors (Lipinski definition) is 3. The number of nitrogens with zero attached hydrogens (tertiary/aromatic N) is 2. The SMILES string of the molecule is OB(O)c1cccn2nccc12. The summed E-state index contributed by atoms with van der Waals surface area (Å²) in [6.07, 6.45) is 3.36. The standard InChI is InChI=1S/C7H7BN2O2/c11-8(12)6-2-1-5-10-7(6)3-4-9-10/h1-5,11-12H. The fourth-order valence-corrected chi connectivity index (χ4v) is 1.19. The van der Waals surface area contributed by atoms with Crippen LogP contribution in [-0.2, 0) is 0 Å². The van der Waals surface area contributed by atoms with E-state index in [-0.39, 0.29) is 0 Å². The summed E-state index contributed by atoms with van der Waals surface area (Å²) in [5.41, 5.74) is 1.18. The maximum absolute atomic E-state index is 8.95. The molecule has 0 saturated heterocycles. The summed E-state index contributed by atoms with van der Waals surface area (Å²) in [5, 5.41) is 21.9. The average molecular weight is 162 g/mol. The molecule has 0 aliphatic rings. The molecule has 2 N–H and O–H groups in total. The summed E-state index contributed by atoms with van der Waals surface area (Å²) in [4.78, 5) is 0. The Morgan fingerprint density at radius 3 is 2.92 bits per heavy atom. The number of rotatable bonds is 1. The van der Waals surface area contributed by atoms with Crippen LogP contribution in [0.5, 0.6) is 0 Å². The lowest BCUT2D eigenvalue weighted by Crippen LogP contribution is -2.31. The molecule has 0 fully saturated rings. The fourth-order valence-electron chi connectivity index (χ4n) is 1.19. The summed E-state index contributed by atoms with van der Waals surface area (Å²) in [7, 11) is -1.44. The van der Waals surface area contributed by atoms with E-state index in [4.69, 9.17) is 10.0 Å². The normalized spacial score (nSPS) is 10.5. The Bertz CT molecular complexity index is 399. The van der Waals surface area contributed by atoms with Gasteiger partial charge in [0.2, 0.25) is 0 Å². The van der Waals surface area contributed by atoms with Crippen LogP contribution >= 0.6 is 0 Å². The number of fused-ring (bicyclic) bond motifs is 1. The van der Waals surface area contributed by atoms with Crippen molar-refractivity contribution in [1.29, 1.82) is 0 Å². The van der Waals surface area contributed by atoms with Crippen molar-refractivity contribution in [3.8, 4) is 0 Å². The molecule has 0 unspecified atom stereocenters. The van der Waals surface area contributed by atoms with Crippen molar-refractivity contribution in [3.05, 3.63) is 30.6 Å². The van der Waals surface area contributed by atoms with Crippen LogP contribution in [0.25, 0.3) is 5.52 Å². The highest BCUT2D eigenvalue weighted by Crippen LogP contribution is 1.97.